The minimum absolute atomic E-state index is 0.0193. The van der Waals surface area contributed by atoms with E-state index in [-0.39, 0.29) is 5.38 Å². The summed E-state index contributed by atoms with van der Waals surface area (Å²) in [5.41, 5.74) is 0. The van der Waals surface area contributed by atoms with Crippen LogP contribution in [-0.4, -0.2) is 42.9 Å². The number of hydrogen-bond acceptors (Lipinski definition) is 5. The number of aryl methyl sites for hydroxylation is 1. The maximum Gasteiger partial charge on any atom is 0.208 e. The normalized spacial score (nSPS) is 12.9. The molecule has 0 aliphatic rings. The topological polar surface area (TPSA) is 38.2 Å². The lowest BCUT2D eigenvalue weighted by Gasteiger charge is -2.18. The number of methoxy groups -OCH3 is 1. The van der Waals surface area contributed by atoms with E-state index in [0.29, 0.717) is 13.2 Å². The number of aromatic nitrogens is 2. The lowest BCUT2D eigenvalue weighted by atomic mass is 10.4. The molecule has 80 valence electrons. The minimum atomic E-state index is -0.0193. The van der Waals surface area contributed by atoms with Crippen LogP contribution in [0.15, 0.2) is 0 Å². The van der Waals surface area contributed by atoms with Crippen molar-refractivity contribution in [3.8, 4) is 0 Å². The Balaban J connectivity index is 2.45. The zero-order chi connectivity index (χ0) is 10.6. The molecule has 0 aliphatic carbocycles. The number of alkyl halides is 1. The van der Waals surface area contributed by atoms with Gasteiger partial charge in [-0.15, -0.1) is 21.8 Å². The summed E-state index contributed by atoms with van der Waals surface area (Å²) in [7, 11) is 3.59. The van der Waals surface area contributed by atoms with Crippen LogP contribution in [0.4, 0.5) is 5.13 Å². The Labute approximate surface area is 92.8 Å². The van der Waals surface area contributed by atoms with Crippen molar-refractivity contribution in [2.75, 3.05) is 32.2 Å². The molecule has 0 amide bonds. The predicted octanol–water partition coefficient (Wildman–Crippen LogP) is 1.54. The summed E-state index contributed by atoms with van der Waals surface area (Å²) in [6.07, 6.45) is 0. The summed E-state index contributed by atoms with van der Waals surface area (Å²) in [6, 6.07) is 0. The van der Waals surface area contributed by atoms with E-state index >= 15 is 0 Å². The Morgan fingerprint density at radius 1 is 1.57 bits per heavy atom. The molecule has 0 fully saturated rings. The molecule has 14 heavy (non-hydrogen) atoms. The molecule has 6 heteroatoms. The molecule has 0 bridgehead atoms. The number of ether oxygens (including phenoxy) is 1. The fraction of sp³-hybridized carbons (Fsp3) is 0.750. The van der Waals surface area contributed by atoms with E-state index in [0.717, 1.165) is 10.1 Å². The molecule has 0 aromatic carbocycles. The second kappa shape index (κ2) is 5.48. The van der Waals surface area contributed by atoms with Gasteiger partial charge in [0.1, 0.15) is 5.01 Å². The van der Waals surface area contributed by atoms with Gasteiger partial charge in [-0.05, 0) is 6.92 Å². The third-order valence-corrected chi connectivity index (χ3v) is 2.88. The fourth-order valence-corrected chi connectivity index (χ4v) is 2.04. The highest BCUT2D eigenvalue weighted by atomic mass is 35.5. The lowest BCUT2D eigenvalue weighted by Crippen LogP contribution is -2.28. The zero-order valence-electron chi connectivity index (χ0n) is 8.53. The van der Waals surface area contributed by atoms with Crippen LogP contribution in [0, 0.1) is 6.92 Å². The minimum Gasteiger partial charge on any atom is -0.383 e. The molecule has 1 unspecified atom stereocenters. The highest BCUT2D eigenvalue weighted by Crippen LogP contribution is 2.18. The number of halogens is 1. The van der Waals surface area contributed by atoms with Gasteiger partial charge in [0.25, 0.3) is 0 Å². The standard InChI is InChI=1S/C8H14ClN3OS/c1-6-10-11-8(14-6)12(2)4-7(9)5-13-3/h7H,4-5H2,1-3H3. The average molecular weight is 236 g/mol. The van der Waals surface area contributed by atoms with Gasteiger partial charge in [0, 0.05) is 20.7 Å². The summed E-state index contributed by atoms with van der Waals surface area (Å²) in [6.45, 7) is 3.19. The fourth-order valence-electron chi connectivity index (χ4n) is 1.05. The van der Waals surface area contributed by atoms with Crippen LogP contribution in [0.3, 0.4) is 0 Å². The molecule has 0 N–H and O–H groups in total. The van der Waals surface area contributed by atoms with Gasteiger partial charge in [0.15, 0.2) is 0 Å². The van der Waals surface area contributed by atoms with Crippen LogP contribution in [0.1, 0.15) is 5.01 Å². The van der Waals surface area contributed by atoms with E-state index in [9.17, 15) is 0 Å². The molecule has 0 spiro atoms. The molecular weight excluding hydrogens is 222 g/mol. The van der Waals surface area contributed by atoms with E-state index in [1.165, 1.54) is 0 Å². The van der Waals surface area contributed by atoms with E-state index < -0.39 is 0 Å². The van der Waals surface area contributed by atoms with E-state index in [2.05, 4.69) is 10.2 Å². The lowest BCUT2D eigenvalue weighted by molar-refractivity contribution is 0.199. The first-order chi connectivity index (χ1) is 6.63. The number of anilines is 1. The molecule has 1 aromatic rings. The van der Waals surface area contributed by atoms with Gasteiger partial charge in [-0.25, -0.2) is 0 Å². The molecule has 1 atom stereocenters. The van der Waals surface area contributed by atoms with Crippen molar-refractivity contribution in [3.05, 3.63) is 5.01 Å². The van der Waals surface area contributed by atoms with E-state index in [1.54, 1.807) is 18.4 Å². The highest BCUT2D eigenvalue weighted by molar-refractivity contribution is 7.15. The summed E-state index contributed by atoms with van der Waals surface area (Å²) >= 11 is 7.58. The third-order valence-electron chi connectivity index (χ3n) is 1.66. The molecule has 0 saturated heterocycles. The third kappa shape index (κ3) is 3.40. The van der Waals surface area contributed by atoms with Gasteiger partial charge in [-0.3, -0.25) is 0 Å². The summed E-state index contributed by atoms with van der Waals surface area (Å²) < 4.78 is 4.95. The van der Waals surface area contributed by atoms with Gasteiger partial charge in [-0.1, -0.05) is 11.3 Å². The summed E-state index contributed by atoms with van der Waals surface area (Å²) in [5, 5.41) is 9.80. The van der Waals surface area contributed by atoms with E-state index in [1.807, 2.05) is 18.9 Å². The largest absolute Gasteiger partial charge is 0.383 e. The quantitative estimate of drug-likeness (QED) is 0.726. The molecule has 0 aliphatic heterocycles. The van der Waals surface area contributed by atoms with E-state index in [4.69, 9.17) is 16.3 Å². The molecule has 0 saturated carbocycles. The Morgan fingerprint density at radius 3 is 2.79 bits per heavy atom. The van der Waals surface area contributed by atoms with Gasteiger partial charge in [0.05, 0.1) is 12.0 Å². The number of hydrogen-bond donors (Lipinski definition) is 0. The highest BCUT2D eigenvalue weighted by Gasteiger charge is 2.11. The van der Waals surface area contributed by atoms with Crippen molar-refractivity contribution < 1.29 is 4.74 Å². The van der Waals surface area contributed by atoms with Crippen LogP contribution in [-0.2, 0) is 4.74 Å². The van der Waals surface area contributed by atoms with Gasteiger partial charge >= 0.3 is 0 Å². The predicted molar refractivity (Wildman–Crippen MR) is 59.4 cm³/mol. The smallest absolute Gasteiger partial charge is 0.208 e. The Hall–Kier alpha value is -0.390. The molecule has 1 heterocycles. The monoisotopic (exact) mass is 235 g/mol. The van der Waals surface area contributed by atoms with Crippen molar-refractivity contribution in [2.24, 2.45) is 0 Å². The van der Waals surface area contributed by atoms with Crippen molar-refractivity contribution in [2.45, 2.75) is 12.3 Å². The molecular formula is C8H14ClN3OS. The van der Waals surface area contributed by atoms with Crippen molar-refractivity contribution in [3.63, 3.8) is 0 Å². The number of nitrogens with zero attached hydrogens (tertiary/aromatic N) is 3. The van der Waals surface area contributed by atoms with Crippen molar-refractivity contribution >= 4 is 28.1 Å². The van der Waals surface area contributed by atoms with Crippen LogP contribution in [0.2, 0.25) is 0 Å². The first-order valence-electron chi connectivity index (χ1n) is 4.27. The maximum atomic E-state index is 6.02. The van der Waals surface area contributed by atoms with Crippen LogP contribution >= 0.6 is 22.9 Å². The Kier molecular flexibility index (Phi) is 4.57. The van der Waals surface area contributed by atoms with Crippen molar-refractivity contribution in [1.29, 1.82) is 0 Å². The Bertz CT molecular complexity index is 281. The van der Waals surface area contributed by atoms with Gasteiger partial charge in [-0.2, -0.15) is 0 Å². The molecule has 1 rings (SSSR count). The number of rotatable bonds is 5. The summed E-state index contributed by atoms with van der Waals surface area (Å²) in [4.78, 5) is 1.99. The second-order valence-electron chi connectivity index (χ2n) is 3.04. The van der Waals surface area contributed by atoms with Gasteiger partial charge < -0.3 is 9.64 Å². The SMILES string of the molecule is COCC(Cl)CN(C)c1nnc(C)s1. The van der Waals surface area contributed by atoms with Crippen molar-refractivity contribution in [1.82, 2.24) is 10.2 Å². The first-order valence-corrected chi connectivity index (χ1v) is 5.53. The summed E-state index contributed by atoms with van der Waals surface area (Å²) in [5.74, 6) is 0. The molecule has 1 aromatic heterocycles. The zero-order valence-corrected chi connectivity index (χ0v) is 10.1. The van der Waals surface area contributed by atoms with Crippen LogP contribution in [0.25, 0.3) is 0 Å². The molecule has 4 nitrogen and oxygen atoms in total. The molecule has 0 radical (unpaired) electrons. The average Bonchev–Trinajstić information content (AvgIpc) is 2.52. The maximum absolute atomic E-state index is 6.02. The second-order valence-corrected chi connectivity index (χ2v) is 4.81. The Morgan fingerprint density at radius 2 is 2.29 bits per heavy atom. The van der Waals surface area contributed by atoms with Crippen LogP contribution in [0.5, 0.6) is 0 Å². The first kappa shape index (κ1) is 11.7. The van der Waals surface area contributed by atoms with Crippen LogP contribution < -0.4 is 4.90 Å². The van der Waals surface area contributed by atoms with Gasteiger partial charge in [0.2, 0.25) is 5.13 Å².